The van der Waals surface area contributed by atoms with E-state index in [-0.39, 0.29) is 24.1 Å². The molecule has 0 aliphatic rings. The molecule has 14 heavy (non-hydrogen) atoms. The highest BCUT2D eigenvalue weighted by atomic mass is 16.3. The van der Waals surface area contributed by atoms with Gasteiger partial charge in [0, 0.05) is 6.04 Å². The minimum Gasteiger partial charge on any atom is -0.438 e. The molecular formula is C9H11N3O2. The summed E-state index contributed by atoms with van der Waals surface area (Å²) in [5.41, 5.74) is 0.548. The highest BCUT2D eigenvalue weighted by molar-refractivity contribution is 5.92. The van der Waals surface area contributed by atoms with E-state index in [0.29, 0.717) is 5.69 Å². The van der Waals surface area contributed by atoms with Crippen molar-refractivity contribution in [2.45, 2.75) is 26.3 Å². The lowest BCUT2D eigenvalue weighted by Gasteiger charge is -2.08. The Kier molecular flexibility index (Phi) is 3.24. The van der Waals surface area contributed by atoms with Gasteiger partial charge in [0.1, 0.15) is 0 Å². The summed E-state index contributed by atoms with van der Waals surface area (Å²) in [6.07, 6.45) is 1.50. The lowest BCUT2D eigenvalue weighted by Crippen LogP contribution is -2.32. The lowest BCUT2D eigenvalue weighted by molar-refractivity contribution is 0.0912. The Labute approximate surface area is 81.7 Å². The second-order valence-electron chi connectivity index (χ2n) is 3.00. The predicted octanol–water partition coefficient (Wildman–Crippen LogP) is 1.01. The minimum absolute atomic E-state index is 0.183. The van der Waals surface area contributed by atoms with Gasteiger partial charge in [-0.3, -0.25) is 4.79 Å². The molecule has 1 amide bonds. The van der Waals surface area contributed by atoms with Crippen molar-refractivity contribution in [1.29, 1.82) is 5.26 Å². The molecule has 0 bridgehead atoms. The molecule has 1 N–H and O–H groups in total. The molecule has 1 rings (SSSR count). The van der Waals surface area contributed by atoms with Crippen LogP contribution in [0.25, 0.3) is 0 Å². The summed E-state index contributed by atoms with van der Waals surface area (Å²) in [5, 5.41) is 11.0. The molecule has 0 spiro atoms. The first-order chi connectivity index (χ1) is 6.65. The van der Waals surface area contributed by atoms with Crippen LogP contribution in [0.15, 0.2) is 10.8 Å². The van der Waals surface area contributed by atoms with Crippen molar-refractivity contribution < 1.29 is 9.21 Å². The number of aryl methyl sites for hydroxylation is 1. The first-order valence-electron chi connectivity index (χ1n) is 4.23. The number of amides is 1. The lowest BCUT2D eigenvalue weighted by atomic mass is 10.2. The molecule has 0 aliphatic carbocycles. The molecule has 1 aromatic heterocycles. The molecule has 1 atom stereocenters. The fourth-order valence-corrected chi connectivity index (χ4v) is 0.997. The Morgan fingerprint density at radius 2 is 2.57 bits per heavy atom. The van der Waals surface area contributed by atoms with Crippen molar-refractivity contribution in [3.8, 4) is 6.07 Å². The summed E-state index contributed by atoms with van der Waals surface area (Å²) >= 11 is 0. The Hall–Kier alpha value is -1.83. The van der Waals surface area contributed by atoms with E-state index in [9.17, 15) is 4.79 Å². The standard InChI is InChI=1S/C9H11N3O2/c1-6(3-4-10)12-9(13)8-7(2)11-5-14-8/h5-6H,3H2,1-2H3,(H,12,13). The van der Waals surface area contributed by atoms with Crippen LogP contribution in [0.1, 0.15) is 29.6 Å². The van der Waals surface area contributed by atoms with Crippen LogP contribution in [0.5, 0.6) is 0 Å². The van der Waals surface area contributed by atoms with Crippen LogP contribution in [0.3, 0.4) is 0 Å². The van der Waals surface area contributed by atoms with E-state index in [4.69, 9.17) is 9.68 Å². The van der Waals surface area contributed by atoms with Crippen LogP contribution in [0.4, 0.5) is 0 Å². The van der Waals surface area contributed by atoms with E-state index in [2.05, 4.69) is 10.3 Å². The van der Waals surface area contributed by atoms with Gasteiger partial charge in [0.2, 0.25) is 5.76 Å². The smallest absolute Gasteiger partial charge is 0.289 e. The molecule has 0 saturated carbocycles. The highest BCUT2D eigenvalue weighted by Crippen LogP contribution is 2.05. The number of carbonyl (C=O) groups is 1. The number of nitrogens with one attached hydrogen (secondary N) is 1. The van der Waals surface area contributed by atoms with Gasteiger partial charge in [-0.25, -0.2) is 4.98 Å². The zero-order valence-electron chi connectivity index (χ0n) is 8.07. The SMILES string of the molecule is Cc1ncoc1C(=O)NC(C)CC#N. The van der Waals surface area contributed by atoms with Crippen LogP contribution < -0.4 is 5.32 Å². The third-order valence-corrected chi connectivity index (χ3v) is 1.73. The summed E-state index contributed by atoms with van der Waals surface area (Å²) in [5.74, 6) is -0.127. The van der Waals surface area contributed by atoms with Crippen molar-refractivity contribution in [3.05, 3.63) is 17.8 Å². The van der Waals surface area contributed by atoms with E-state index in [1.165, 1.54) is 6.39 Å². The molecule has 1 aromatic rings. The van der Waals surface area contributed by atoms with Crippen LogP contribution in [-0.2, 0) is 0 Å². The number of nitrogens with zero attached hydrogens (tertiary/aromatic N) is 2. The second-order valence-corrected chi connectivity index (χ2v) is 3.00. The molecule has 0 saturated heterocycles. The van der Waals surface area contributed by atoms with Crippen molar-refractivity contribution in [2.24, 2.45) is 0 Å². The summed E-state index contributed by atoms with van der Waals surface area (Å²) < 4.78 is 4.90. The molecule has 5 nitrogen and oxygen atoms in total. The van der Waals surface area contributed by atoms with E-state index < -0.39 is 0 Å². The Morgan fingerprint density at radius 3 is 3.07 bits per heavy atom. The third kappa shape index (κ3) is 2.33. The normalized spacial score (nSPS) is 11.8. The summed E-state index contributed by atoms with van der Waals surface area (Å²) in [6.45, 7) is 3.44. The number of rotatable bonds is 3. The van der Waals surface area contributed by atoms with Crippen molar-refractivity contribution in [1.82, 2.24) is 10.3 Å². The molecule has 1 unspecified atom stereocenters. The predicted molar refractivity (Wildman–Crippen MR) is 48.4 cm³/mol. The zero-order valence-corrected chi connectivity index (χ0v) is 8.07. The Balaban J connectivity index is 2.60. The number of hydrogen-bond acceptors (Lipinski definition) is 4. The van der Waals surface area contributed by atoms with Gasteiger partial charge in [-0.1, -0.05) is 0 Å². The molecule has 0 aromatic carbocycles. The van der Waals surface area contributed by atoms with Crippen LogP contribution in [0, 0.1) is 18.3 Å². The highest BCUT2D eigenvalue weighted by Gasteiger charge is 2.15. The number of oxazole rings is 1. The van der Waals surface area contributed by atoms with Gasteiger partial charge < -0.3 is 9.73 Å². The van der Waals surface area contributed by atoms with Crippen molar-refractivity contribution >= 4 is 5.91 Å². The molecule has 1 heterocycles. The van der Waals surface area contributed by atoms with Gasteiger partial charge in [0.15, 0.2) is 6.39 Å². The van der Waals surface area contributed by atoms with E-state index in [1.54, 1.807) is 13.8 Å². The number of hydrogen-bond donors (Lipinski definition) is 1. The fraction of sp³-hybridized carbons (Fsp3) is 0.444. The average Bonchev–Trinajstić information content (AvgIpc) is 2.51. The van der Waals surface area contributed by atoms with Gasteiger partial charge in [0.25, 0.3) is 5.91 Å². The largest absolute Gasteiger partial charge is 0.438 e. The van der Waals surface area contributed by atoms with E-state index in [0.717, 1.165) is 0 Å². The van der Waals surface area contributed by atoms with E-state index in [1.807, 2.05) is 6.07 Å². The topological polar surface area (TPSA) is 78.9 Å². The van der Waals surface area contributed by atoms with Crippen molar-refractivity contribution in [3.63, 3.8) is 0 Å². The first-order valence-corrected chi connectivity index (χ1v) is 4.23. The molecule has 5 heteroatoms. The maximum absolute atomic E-state index is 11.5. The zero-order chi connectivity index (χ0) is 10.6. The quantitative estimate of drug-likeness (QED) is 0.777. The summed E-state index contributed by atoms with van der Waals surface area (Å²) in [7, 11) is 0. The van der Waals surface area contributed by atoms with Crippen LogP contribution in [0.2, 0.25) is 0 Å². The van der Waals surface area contributed by atoms with Gasteiger partial charge in [0.05, 0.1) is 18.2 Å². The monoisotopic (exact) mass is 193 g/mol. The first kappa shape index (κ1) is 10.3. The number of aromatic nitrogens is 1. The van der Waals surface area contributed by atoms with Gasteiger partial charge in [-0.05, 0) is 13.8 Å². The molecule has 0 radical (unpaired) electrons. The maximum Gasteiger partial charge on any atom is 0.289 e. The summed E-state index contributed by atoms with van der Waals surface area (Å²) in [4.78, 5) is 15.3. The molecular weight excluding hydrogens is 182 g/mol. The van der Waals surface area contributed by atoms with E-state index >= 15 is 0 Å². The van der Waals surface area contributed by atoms with Crippen molar-refractivity contribution in [2.75, 3.05) is 0 Å². The second kappa shape index (κ2) is 4.42. The van der Waals surface area contributed by atoms with Crippen LogP contribution in [-0.4, -0.2) is 16.9 Å². The summed E-state index contributed by atoms with van der Waals surface area (Å²) in [6, 6.07) is 1.79. The Bertz CT molecular complexity index is 364. The third-order valence-electron chi connectivity index (χ3n) is 1.73. The fourth-order valence-electron chi connectivity index (χ4n) is 0.997. The van der Waals surface area contributed by atoms with Gasteiger partial charge in [-0.2, -0.15) is 5.26 Å². The van der Waals surface area contributed by atoms with Gasteiger partial charge in [-0.15, -0.1) is 0 Å². The average molecular weight is 193 g/mol. The molecule has 74 valence electrons. The van der Waals surface area contributed by atoms with Gasteiger partial charge >= 0.3 is 0 Å². The maximum atomic E-state index is 11.5. The molecule has 0 fully saturated rings. The molecule has 0 aliphatic heterocycles. The number of carbonyl (C=O) groups excluding carboxylic acids is 1. The Morgan fingerprint density at radius 1 is 1.86 bits per heavy atom. The number of nitriles is 1. The minimum atomic E-state index is -0.331. The van der Waals surface area contributed by atoms with Crippen LogP contribution >= 0.6 is 0 Å².